The zero-order chi connectivity index (χ0) is 14.5. The van der Waals surface area contributed by atoms with Crippen molar-refractivity contribution in [1.82, 2.24) is 0 Å². The lowest BCUT2D eigenvalue weighted by Gasteiger charge is -2.13. The van der Waals surface area contributed by atoms with E-state index in [-0.39, 0.29) is 5.91 Å². The van der Waals surface area contributed by atoms with Gasteiger partial charge in [-0.15, -0.1) is 0 Å². The molecule has 0 heterocycles. The van der Waals surface area contributed by atoms with E-state index in [1.165, 1.54) is 0 Å². The van der Waals surface area contributed by atoms with Crippen molar-refractivity contribution in [1.29, 1.82) is 0 Å². The molecule has 1 amide bonds. The van der Waals surface area contributed by atoms with Crippen LogP contribution in [0.3, 0.4) is 0 Å². The number of alkyl halides is 1. The Morgan fingerprint density at radius 2 is 1.95 bits per heavy atom. The van der Waals surface area contributed by atoms with E-state index < -0.39 is 0 Å². The van der Waals surface area contributed by atoms with E-state index in [2.05, 4.69) is 34.2 Å². The van der Waals surface area contributed by atoms with Crippen molar-refractivity contribution in [2.24, 2.45) is 0 Å². The maximum atomic E-state index is 12.4. The first kappa shape index (κ1) is 14.8. The Kier molecular flexibility index (Phi) is 4.96. The quantitative estimate of drug-likeness (QED) is 0.808. The normalized spacial score (nSPS) is 10.3. The summed E-state index contributed by atoms with van der Waals surface area (Å²) in [5.41, 5.74) is 4.97. The molecule has 0 unspecified atom stereocenters. The van der Waals surface area contributed by atoms with Gasteiger partial charge in [0.25, 0.3) is 5.91 Å². The molecule has 0 fully saturated rings. The summed E-state index contributed by atoms with van der Waals surface area (Å²) in [6.07, 6.45) is 0.902. The zero-order valence-corrected chi connectivity index (χ0v) is 13.3. The van der Waals surface area contributed by atoms with Crippen LogP contribution in [0.5, 0.6) is 0 Å². The van der Waals surface area contributed by atoms with E-state index in [4.69, 9.17) is 0 Å². The van der Waals surface area contributed by atoms with Gasteiger partial charge in [0.1, 0.15) is 0 Å². The van der Waals surface area contributed by atoms with Crippen molar-refractivity contribution in [2.75, 3.05) is 5.32 Å². The number of carbonyl (C=O) groups is 1. The van der Waals surface area contributed by atoms with E-state index >= 15 is 0 Å². The Balaban J connectivity index is 2.27. The van der Waals surface area contributed by atoms with E-state index in [1.54, 1.807) is 0 Å². The van der Waals surface area contributed by atoms with Crippen LogP contribution in [0.1, 0.15) is 34.0 Å². The highest BCUT2D eigenvalue weighted by atomic mass is 79.9. The summed E-state index contributed by atoms with van der Waals surface area (Å²) in [4.78, 5) is 12.4. The number of amides is 1. The Morgan fingerprint density at radius 3 is 2.65 bits per heavy atom. The summed E-state index contributed by atoms with van der Waals surface area (Å²) in [6.45, 7) is 4.11. The van der Waals surface area contributed by atoms with Crippen molar-refractivity contribution in [2.45, 2.75) is 25.6 Å². The lowest BCUT2D eigenvalue weighted by atomic mass is 10.0. The molecule has 0 aromatic heterocycles. The molecule has 104 valence electrons. The second-order valence-corrected chi connectivity index (χ2v) is 5.31. The Morgan fingerprint density at radius 1 is 1.20 bits per heavy atom. The van der Waals surface area contributed by atoms with Crippen LogP contribution in [-0.4, -0.2) is 5.91 Å². The fraction of sp³-hybridized carbons (Fsp3) is 0.235. The molecule has 2 nitrogen and oxygen atoms in total. The molecule has 0 saturated heterocycles. The van der Waals surface area contributed by atoms with Gasteiger partial charge >= 0.3 is 0 Å². The molecule has 2 aromatic carbocycles. The number of anilines is 1. The van der Waals surface area contributed by atoms with Gasteiger partial charge in [-0.1, -0.05) is 53.2 Å². The van der Waals surface area contributed by atoms with Crippen LogP contribution >= 0.6 is 15.9 Å². The number of aryl methyl sites for hydroxylation is 2. The van der Waals surface area contributed by atoms with Gasteiger partial charge in [0.2, 0.25) is 0 Å². The molecule has 0 aliphatic carbocycles. The van der Waals surface area contributed by atoms with Crippen LogP contribution in [0.2, 0.25) is 0 Å². The highest BCUT2D eigenvalue weighted by Crippen LogP contribution is 2.22. The minimum absolute atomic E-state index is 0.0585. The van der Waals surface area contributed by atoms with E-state index in [0.29, 0.717) is 5.56 Å². The molecular formula is C17H18BrNO. The molecule has 0 bridgehead atoms. The minimum atomic E-state index is -0.0585. The molecule has 0 aliphatic heterocycles. The Hall–Kier alpha value is -1.61. The summed E-state index contributed by atoms with van der Waals surface area (Å²) >= 11 is 3.41. The van der Waals surface area contributed by atoms with Gasteiger partial charge < -0.3 is 5.32 Å². The molecule has 2 aromatic rings. The third kappa shape index (κ3) is 3.28. The Bertz CT molecular complexity index is 622. The predicted molar refractivity (Wildman–Crippen MR) is 87.6 cm³/mol. The van der Waals surface area contributed by atoms with E-state index in [0.717, 1.165) is 34.1 Å². The molecule has 0 atom stereocenters. The van der Waals surface area contributed by atoms with Crippen LogP contribution in [0.15, 0.2) is 42.5 Å². The zero-order valence-electron chi connectivity index (χ0n) is 11.7. The molecule has 20 heavy (non-hydrogen) atoms. The van der Waals surface area contributed by atoms with Gasteiger partial charge in [-0.05, 0) is 42.2 Å². The fourth-order valence-electron chi connectivity index (χ4n) is 2.18. The lowest BCUT2D eigenvalue weighted by Crippen LogP contribution is -2.14. The monoisotopic (exact) mass is 331 g/mol. The summed E-state index contributed by atoms with van der Waals surface area (Å²) in [7, 11) is 0. The van der Waals surface area contributed by atoms with Crippen LogP contribution in [0.25, 0.3) is 0 Å². The number of carbonyl (C=O) groups excluding carboxylic acids is 1. The third-order valence-corrected chi connectivity index (χ3v) is 3.97. The second-order valence-electron chi connectivity index (χ2n) is 4.75. The maximum Gasteiger partial charge on any atom is 0.255 e. The van der Waals surface area contributed by atoms with Gasteiger partial charge in [0.05, 0.1) is 0 Å². The number of para-hydroxylation sites is 1. The molecule has 0 spiro atoms. The minimum Gasteiger partial charge on any atom is -0.321 e. The third-order valence-electron chi connectivity index (χ3n) is 3.32. The topological polar surface area (TPSA) is 29.1 Å². The molecule has 2 rings (SSSR count). The molecule has 0 radical (unpaired) electrons. The highest BCUT2D eigenvalue weighted by Gasteiger charge is 2.10. The van der Waals surface area contributed by atoms with Crippen molar-refractivity contribution >= 4 is 27.5 Å². The van der Waals surface area contributed by atoms with Crippen LogP contribution in [-0.2, 0) is 11.8 Å². The molecule has 3 heteroatoms. The van der Waals surface area contributed by atoms with Crippen molar-refractivity contribution in [3.8, 4) is 0 Å². The lowest BCUT2D eigenvalue weighted by molar-refractivity contribution is 0.102. The fourth-order valence-corrected chi connectivity index (χ4v) is 2.53. The smallest absolute Gasteiger partial charge is 0.255 e. The number of benzene rings is 2. The number of halogens is 1. The Labute approximate surface area is 128 Å². The number of rotatable bonds is 4. The van der Waals surface area contributed by atoms with E-state index in [9.17, 15) is 4.79 Å². The second kappa shape index (κ2) is 6.71. The first-order chi connectivity index (χ1) is 9.65. The predicted octanol–water partition coefficient (Wildman–Crippen LogP) is 4.70. The summed E-state index contributed by atoms with van der Waals surface area (Å²) in [6, 6.07) is 13.7. The average Bonchev–Trinajstić information content (AvgIpc) is 2.49. The number of nitrogens with one attached hydrogen (secondary N) is 1. The highest BCUT2D eigenvalue weighted by molar-refractivity contribution is 9.08. The summed E-state index contributed by atoms with van der Waals surface area (Å²) < 4.78 is 0. The number of hydrogen-bond acceptors (Lipinski definition) is 1. The molecular weight excluding hydrogens is 314 g/mol. The van der Waals surface area contributed by atoms with Gasteiger partial charge in [0.15, 0.2) is 0 Å². The van der Waals surface area contributed by atoms with Gasteiger partial charge in [-0.2, -0.15) is 0 Å². The van der Waals surface area contributed by atoms with E-state index in [1.807, 2.05) is 43.3 Å². The van der Waals surface area contributed by atoms with Crippen molar-refractivity contribution < 1.29 is 4.79 Å². The number of hydrogen-bond donors (Lipinski definition) is 1. The van der Waals surface area contributed by atoms with Crippen molar-refractivity contribution in [3.05, 3.63) is 64.7 Å². The molecule has 0 aliphatic rings. The van der Waals surface area contributed by atoms with Gasteiger partial charge in [-0.3, -0.25) is 4.79 Å². The summed E-state index contributed by atoms with van der Waals surface area (Å²) in [5, 5.41) is 3.79. The molecule has 1 N–H and O–H groups in total. The van der Waals surface area contributed by atoms with Crippen LogP contribution in [0.4, 0.5) is 5.69 Å². The van der Waals surface area contributed by atoms with Gasteiger partial charge in [-0.25, -0.2) is 0 Å². The first-order valence-corrected chi connectivity index (χ1v) is 7.82. The first-order valence-electron chi connectivity index (χ1n) is 6.70. The SMILES string of the molecule is CCc1cccc(C)c1NC(=O)c1cccc(CBr)c1. The maximum absolute atomic E-state index is 12.4. The summed E-state index contributed by atoms with van der Waals surface area (Å²) in [5.74, 6) is -0.0585. The largest absolute Gasteiger partial charge is 0.321 e. The standard InChI is InChI=1S/C17H18BrNO/c1-3-14-8-4-6-12(2)16(14)19-17(20)15-9-5-7-13(10-15)11-18/h4-10H,3,11H2,1-2H3,(H,19,20). The van der Waals surface area contributed by atoms with Gasteiger partial charge in [0, 0.05) is 16.6 Å². The average molecular weight is 332 g/mol. The van der Waals surface area contributed by atoms with Crippen LogP contribution in [0, 0.1) is 6.92 Å². The van der Waals surface area contributed by atoms with Crippen LogP contribution < -0.4 is 5.32 Å². The molecule has 0 saturated carbocycles. The van der Waals surface area contributed by atoms with Crippen molar-refractivity contribution in [3.63, 3.8) is 0 Å².